The molecule has 1 heterocycles. The van der Waals surface area contributed by atoms with Gasteiger partial charge in [0.2, 0.25) is 5.82 Å². The molecule has 0 amide bonds. The lowest BCUT2D eigenvalue weighted by atomic mass is 10.7. The molecule has 2 N–H and O–H groups in total. The Labute approximate surface area is 57.1 Å². The maximum atomic E-state index is 5.22. The van der Waals surface area contributed by atoms with Gasteiger partial charge in [-0.25, -0.2) is 4.63 Å². The van der Waals surface area contributed by atoms with Crippen LogP contribution in [0.2, 0.25) is 0 Å². The first-order chi connectivity index (χ1) is 4.84. The minimum absolute atomic E-state index is 0.107. The Balaban J connectivity index is 2.59. The lowest BCUT2D eigenvalue weighted by molar-refractivity contribution is 0.272. The van der Waals surface area contributed by atoms with Crippen LogP contribution in [0.3, 0.4) is 0 Å². The Kier molecular flexibility index (Phi) is 1.75. The van der Waals surface area contributed by atoms with Crippen molar-refractivity contribution < 1.29 is 9.37 Å². The maximum absolute atomic E-state index is 5.22. The summed E-state index contributed by atoms with van der Waals surface area (Å²) in [5.74, 6) is 2.49. The van der Waals surface area contributed by atoms with Crippen LogP contribution < -0.4 is 10.5 Å². The van der Waals surface area contributed by atoms with E-state index < -0.39 is 0 Å². The van der Waals surface area contributed by atoms with Gasteiger partial charge in [-0.3, -0.25) is 0 Å². The Morgan fingerprint density at radius 1 is 1.70 bits per heavy atom. The van der Waals surface area contributed by atoms with Crippen LogP contribution in [0.15, 0.2) is 4.63 Å². The zero-order chi connectivity index (χ0) is 7.40. The van der Waals surface area contributed by atoms with E-state index in [9.17, 15) is 0 Å². The van der Waals surface area contributed by atoms with Crippen LogP contribution in [0.1, 0.15) is 0 Å². The fraction of sp³-hybridized carbons (Fsp3) is 0.200. The molecule has 10 heavy (non-hydrogen) atoms. The van der Waals surface area contributed by atoms with Crippen molar-refractivity contribution in [2.45, 2.75) is 0 Å². The molecule has 1 aromatic rings. The smallest absolute Gasteiger partial charge is 0.301 e. The number of aromatic nitrogens is 2. The van der Waals surface area contributed by atoms with Gasteiger partial charge in [-0.05, 0) is 10.3 Å². The number of nitrogen functional groups attached to an aromatic ring is 1. The predicted molar refractivity (Wildman–Crippen MR) is 33.0 cm³/mol. The molecular weight excluding hydrogens is 134 g/mol. The Bertz CT molecular complexity index is 250. The van der Waals surface area contributed by atoms with Gasteiger partial charge in [-0.15, -0.1) is 6.42 Å². The van der Waals surface area contributed by atoms with E-state index in [1.54, 1.807) is 0 Å². The lowest BCUT2D eigenvalue weighted by Crippen LogP contribution is -1.96. The standard InChI is InChI=1S/C5H5N3O2/c1-2-3-9-5-4(6)7-10-8-5/h1H,3H2,(H2,6,7). The van der Waals surface area contributed by atoms with Crippen molar-refractivity contribution in [3.63, 3.8) is 0 Å². The summed E-state index contributed by atoms with van der Waals surface area (Å²) in [6, 6.07) is 0. The van der Waals surface area contributed by atoms with Gasteiger partial charge in [0.25, 0.3) is 0 Å². The molecule has 0 bridgehead atoms. The van der Waals surface area contributed by atoms with Gasteiger partial charge in [0.1, 0.15) is 0 Å². The molecule has 0 radical (unpaired) electrons. The van der Waals surface area contributed by atoms with Crippen molar-refractivity contribution in [1.29, 1.82) is 0 Å². The van der Waals surface area contributed by atoms with Crippen LogP contribution in [0.5, 0.6) is 5.88 Å². The van der Waals surface area contributed by atoms with Crippen LogP contribution in [0, 0.1) is 12.3 Å². The van der Waals surface area contributed by atoms with Crippen LogP contribution in [-0.2, 0) is 0 Å². The lowest BCUT2D eigenvalue weighted by Gasteiger charge is -1.92. The highest BCUT2D eigenvalue weighted by molar-refractivity contribution is 5.36. The first-order valence-electron chi connectivity index (χ1n) is 2.49. The second-order valence-electron chi connectivity index (χ2n) is 1.45. The minimum Gasteiger partial charge on any atom is -0.460 e. The summed E-state index contributed by atoms with van der Waals surface area (Å²) in [6.45, 7) is 0.110. The highest BCUT2D eigenvalue weighted by Crippen LogP contribution is 2.12. The summed E-state index contributed by atoms with van der Waals surface area (Å²) in [6.07, 6.45) is 4.90. The van der Waals surface area contributed by atoms with E-state index in [1.165, 1.54) is 0 Å². The second kappa shape index (κ2) is 2.73. The Morgan fingerprint density at radius 3 is 3.00 bits per heavy atom. The van der Waals surface area contributed by atoms with Crippen LogP contribution in [0.4, 0.5) is 5.82 Å². The molecule has 0 unspecified atom stereocenters. The molecule has 0 saturated carbocycles. The predicted octanol–water partition coefficient (Wildman–Crippen LogP) is -0.336. The Hall–Kier alpha value is -1.70. The highest BCUT2D eigenvalue weighted by Gasteiger charge is 2.04. The average Bonchev–Trinajstić information content (AvgIpc) is 2.31. The molecule has 0 aliphatic heterocycles. The van der Waals surface area contributed by atoms with Gasteiger partial charge in [0.05, 0.1) is 0 Å². The van der Waals surface area contributed by atoms with Crippen molar-refractivity contribution in [3.8, 4) is 18.2 Å². The van der Waals surface area contributed by atoms with Crippen molar-refractivity contribution in [2.24, 2.45) is 0 Å². The zero-order valence-electron chi connectivity index (χ0n) is 5.07. The molecule has 0 aliphatic carbocycles. The number of nitrogens with two attached hydrogens (primary N) is 1. The minimum atomic E-state index is 0.107. The van der Waals surface area contributed by atoms with Crippen LogP contribution in [-0.4, -0.2) is 16.9 Å². The number of rotatable bonds is 2. The molecule has 0 spiro atoms. The van der Waals surface area contributed by atoms with Crippen molar-refractivity contribution in [2.75, 3.05) is 12.3 Å². The summed E-state index contributed by atoms with van der Waals surface area (Å²) < 4.78 is 9.02. The molecule has 0 fully saturated rings. The van der Waals surface area contributed by atoms with E-state index in [2.05, 4.69) is 20.9 Å². The van der Waals surface area contributed by atoms with Crippen molar-refractivity contribution in [3.05, 3.63) is 0 Å². The van der Waals surface area contributed by atoms with Crippen LogP contribution >= 0.6 is 0 Å². The fourth-order valence-electron chi connectivity index (χ4n) is 0.398. The van der Waals surface area contributed by atoms with E-state index in [0.717, 1.165) is 0 Å². The zero-order valence-corrected chi connectivity index (χ0v) is 5.07. The van der Waals surface area contributed by atoms with E-state index in [0.29, 0.717) is 0 Å². The third-order valence-corrected chi connectivity index (χ3v) is 0.774. The van der Waals surface area contributed by atoms with Gasteiger partial charge in [-0.1, -0.05) is 5.92 Å². The average molecular weight is 139 g/mol. The summed E-state index contributed by atoms with van der Waals surface area (Å²) in [5, 5.41) is 6.59. The number of ether oxygens (including phenoxy) is 1. The fourth-order valence-corrected chi connectivity index (χ4v) is 0.398. The first-order valence-corrected chi connectivity index (χ1v) is 2.49. The normalized spacial score (nSPS) is 8.70. The molecule has 5 heteroatoms. The summed E-state index contributed by atoms with van der Waals surface area (Å²) in [5.41, 5.74) is 5.22. The van der Waals surface area contributed by atoms with E-state index >= 15 is 0 Å². The van der Waals surface area contributed by atoms with E-state index in [-0.39, 0.29) is 18.3 Å². The van der Waals surface area contributed by atoms with Gasteiger partial charge < -0.3 is 10.5 Å². The molecule has 0 saturated heterocycles. The van der Waals surface area contributed by atoms with Gasteiger partial charge in [0, 0.05) is 0 Å². The number of nitrogens with zero attached hydrogens (tertiary/aromatic N) is 2. The molecule has 1 aromatic heterocycles. The first kappa shape index (κ1) is 6.42. The molecule has 1 rings (SSSR count). The Morgan fingerprint density at radius 2 is 2.50 bits per heavy atom. The molecular formula is C5H5N3O2. The summed E-state index contributed by atoms with van der Waals surface area (Å²) >= 11 is 0. The van der Waals surface area contributed by atoms with Crippen molar-refractivity contribution >= 4 is 5.82 Å². The third kappa shape index (κ3) is 1.17. The van der Waals surface area contributed by atoms with Gasteiger partial charge in [0.15, 0.2) is 6.61 Å². The molecule has 52 valence electrons. The SMILES string of the molecule is C#CCOc1nonc1N. The number of hydrogen-bond donors (Lipinski definition) is 1. The maximum Gasteiger partial charge on any atom is 0.301 e. The van der Waals surface area contributed by atoms with Gasteiger partial charge >= 0.3 is 5.88 Å². The molecule has 0 aliphatic rings. The largest absolute Gasteiger partial charge is 0.460 e. The monoisotopic (exact) mass is 139 g/mol. The van der Waals surface area contributed by atoms with E-state index in [1.807, 2.05) is 0 Å². The number of hydrogen-bond acceptors (Lipinski definition) is 5. The quantitative estimate of drug-likeness (QED) is 0.567. The number of terminal acetylenes is 1. The second-order valence-corrected chi connectivity index (χ2v) is 1.45. The summed E-state index contributed by atoms with van der Waals surface area (Å²) in [7, 11) is 0. The van der Waals surface area contributed by atoms with Crippen molar-refractivity contribution in [1.82, 2.24) is 10.3 Å². The molecule has 0 atom stereocenters. The highest BCUT2D eigenvalue weighted by atomic mass is 16.6. The van der Waals surface area contributed by atoms with E-state index in [4.69, 9.17) is 16.9 Å². The molecule has 5 nitrogen and oxygen atoms in total. The van der Waals surface area contributed by atoms with Crippen LogP contribution in [0.25, 0.3) is 0 Å². The number of anilines is 1. The topological polar surface area (TPSA) is 74.2 Å². The summed E-state index contributed by atoms with van der Waals surface area (Å²) in [4.78, 5) is 0. The molecule has 0 aromatic carbocycles. The third-order valence-electron chi connectivity index (χ3n) is 0.774. The van der Waals surface area contributed by atoms with Gasteiger partial charge in [-0.2, -0.15) is 0 Å².